The molecule has 0 bridgehead atoms. The number of aliphatic hydroxyl groups is 1. The van der Waals surface area contributed by atoms with E-state index in [2.05, 4.69) is 20.2 Å². The Labute approximate surface area is 148 Å². The third-order valence-corrected chi connectivity index (χ3v) is 4.93. The normalized spacial score (nSPS) is 19.2. The Kier molecular flexibility index (Phi) is 7.30. The summed E-state index contributed by atoms with van der Waals surface area (Å²) in [6.07, 6.45) is 4.63. The molecule has 1 aliphatic rings. The van der Waals surface area contributed by atoms with Crippen molar-refractivity contribution in [2.24, 2.45) is 5.92 Å². The summed E-state index contributed by atoms with van der Waals surface area (Å²) < 4.78 is 0. The van der Waals surface area contributed by atoms with Crippen LogP contribution in [0.5, 0.6) is 0 Å². The first-order valence-electron chi connectivity index (χ1n) is 8.51. The molecule has 1 amide bonds. The maximum Gasteiger partial charge on any atom is 0.225 e. The van der Waals surface area contributed by atoms with Crippen molar-refractivity contribution < 1.29 is 9.90 Å². The van der Waals surface area contributed by atoms with Crippen LogP contribution in [0, 0.1) is 19.8 Å². The SMILES string of the molecule is CSCC[C@@H](CO)NC(=O)[C@H]1CCCN(c2nc(C)cc(C)n2)C1. The molecule has 24 heavy (non-hydrogen) atoms. The van der Waals surface area contributed by atoms with Gasteiger partial charge in [-0.15, -0.1) is 0 Å². The molecule has 2 rings (SSSR count). The topological polar surface area (TPSA) is 78.4 Å². The van der Waals surface area contributed by atoms with Crippen LogP contribution in [-0.2, 0) is 4.79 Å². The fourth-order valence-electron chi connectivity index (χ4n) is 3.01. The summed E-state index contributed by atoms with van der Waals surface area (Å²) in [4.78, 5) is 23.7. The predicted molar refractivity (Wildman–Crippen MR) is 98.5 cm³/mol. The van der Waals surface area contributed by atoms with Gasteiger partial charge in [-0.1, -0.05) is 0 Å². The minimum Gasteiger partial charge on any atom is -0.394 e. The maximum atomic E-state index is 12.5. The minimum atomic E-state index is -0.155. The number of rotatable bonds is 7. The van der Waals surface area contributed by atoms with Gasteiger partial charge in [0.25, 0.3) is 0 Å². The first kappa shape index (κ1) is 19.0. The highest BCUT2D eigenvalue weighted by molar-refractivity contribution is 7.98. The van der Waals surface area contributed by atoms with E-state index in [1.165, 1.54) is 0 Å². The van der Waals surface area contributed by atoms with Gasteiger partial charge in [-0.25, -0.2) is 9.97 Å². The quantitative estimate of drug-likeness (QED) is 0.775. The molecule has 7 heteroatoms. The van der Waals surface area contributed by atoms with Gasteiger partial charge in [-0.3, -0.25) is 4.79 Å². The van der Waals surface area contributed by atoms with E-state index in [-0.39, 0.29) is 24.5 Å². The number of piperidine rings is 1. The van der Waals surface area contributed by atoms with Crippen LogP contribution in [0.1, 0.15) is 30.7 Å². The van der Waals surface area contributed by atoms with Gasteiger partial charge in [0.1, 0.15) is 0 Å². The zero-order chi connectivity index (χ0) is 17.5. The zero-order valence-electron chi connectivity index (χ0n) is 14.8. The Morgan fingerprint density at radius 1 is 1.46 bits per heavy atom. The van der Waals surface area contributed by atoms with Crippen molar-refractivity contribution in [2.45, 2.75) is 39.2 Å². The monoisotopic (exact) mass is 352 g/mol. The number of aromatic nitrogens is 2. The third kappa shape index (κ3) is 5.34. The molecule has 6 nitrogen and oxygen atoms in total. The highest BCUT2D eigenvalue weighted by atomic mass is 32.2. The van der Waals surface area contributed by atoms with Gasteiger partial charge in [0.2, 0.25) is 11.9 Å². The van der Waals surface area contributed by atoms with Crippen LogP contribution in [0.2, 0.25) is 0 Å². The van der Waals surface area contributed by atoms with Crippen molar-refractivity contribution in [2.75, 3.05) is 36.6 Å². The Balaban J connectivity index is 1.97. The molecular weight excluding hydrogens is 324 g/mol. The number of nitrogens with zero attached hydrogens (tertiary/aromatic N) is 3. The van der Waals surface area contributed by atoms with Crippen molar-refractivity contribution in [1.29, 1.82) is 0 Å². The highest BCUT2D eigenvalue weighted by Gasteiger charge is 2.28. The van der Waals surface area contributed by atoms with Gasteiger partial charge in [-0.05, 0) is 51.2 Å². The Bertz CT molecular complexity index is 535. The molecule has 2 N–H and O–H groups in total. The van der Waals surface area contributed by atoms with E-state index in [9.17, 15) is 9.90 Å². The third-order valence-electron chi connectivity index (χ3n) is 4.28. The maximum absolute atomic E-state index is 12.5. The number of amides is 1. The smallest absolute Gasteiger partial charge is 0.225 e. The second kappa shape index (κ2) is 9.22. The molecule has 1 fully saturated rings. The lowest BCUT2D eigenvalue weighted by atomic mass is 9.97. The van der Waals surface area contributed by atoms with E-state index in [4.69, 9.17) is 0 Å². The second-order valence-electron chi connectivity index (χ2n) is 6.41. The lowest BCUT2D eigenvalue weighted by Crippen LogP contribution is -2.47. The molecule has 1 aliphatic heterocycles. The number of aliphatic hydroxyl groups excluding tert-OH is 1. The molecular formula is C17H28N4O2S. The van der Waals surface area contributed by atoms with E-state index >= 15 is 0 Å². The molecule has 0 radical (unpaired) electrons. The largest absolute Gasteiger partial charge is 0.394 e. The number of thioether (sulfide) groups is 1. The van der Waals surface area contributed by atoms with Crippen molar-refractivity contribution in [3.63, 3.8) is 0 Å². The van der Waals surface area contributed by atoms with Crippen LogP contribution in [0.25, 0.3) is 0 Å². The lowest BCUT2D eigenvalue weighted by molar-refractivity contribution is -0.126. The van der Waals surface area contributed by atoms with Crippen molar-refractivity contribution in [3.05, 3.63) is 17.5 Å². The average molecular weight is 353 g/mol. The minimum absolute atomic E-state index is 0.0110. The molecule has 134 valence electrons. The Morgan fingerprint density at radius 3 is 2.79 bits per heavy atom. The van der Waals surface area contributed by atoms with Crippen LogP contribution >= 0.6 is 11.8 Å². The summed E-state index contributed by atoms with van der Waals surface area (Å²) in [7, 11) is 0. The van der Waals surface area contributed by atoms with Crippen molar-refractivity contribution in [1.82, 2.24) is 15.3 Å². The Hall–Kier alpha value is -1.34. The van der Waals surface area contributed by atoms with Crippen LogP contribution in [0.4, 0.5) is 5.95 Å². The molecule has 1 saturated heterocycles. The highest BCUT2D eigenvalue weighted by Crippen LogP contribution is 2.21. The number of hydrogen-bond acceptors (Lipinski definition) is 6. The molecule has 0 aromatic carbocycles. The van der Waals surface area contributed by atoms with Crippen molar-refractivity contribution in [3.8, 4) is 0 Å². The number of anilines is 1. The van der Waals surface area contributed by atoms with E-state index in [0.29, 0.717) is 12.5 Å². The number of carbonyl (C=O) groups is 1. The van der Waals surface area contributed by atoms with Crippen molar-refractivity contribution >= 4 is 23.6 Å². The molecule has 1 aromatic heterocycles. The van der Waals surface area contributed by atoms with Gasteiger partial charge in [0, 0.05) is 24.5 Å². The van der Waals surface area contributed by atoms with Crippen LogP contribution in [0.3, 0.4) is 0 Å². The molecule has 0 saturated carbocycles. The van der Waals surface area contributed by atoms with Gasteiger partial charge in [0.05, 0.1) is 18.6 Å². The van der Waals surface area contributed by atoms with Gasteiger partial charge in [-0.2, -0.15) is 11.8 Å². The summed E-state index contributed by atoms with van der Waals surface area (Å²) in [5.74, 6) is 1.60. The molecule has 1 aromatic rings. The zero-order valence-corrected chi connectivity index (χ0v) is 15.6. The summed E-state index contributed by atoms with van der Waals surface area (Å²) in [5.41, 5.74) is 1.89. The summed E-state index contributed by atoms with van der Waals surface area (Å²) >= 11 is 1.72. The van der Waals surface area contributed by atoms with Gasteiger partial charge in [0.15, 0.2) is 0 Å². The number of aryl methyl sites for hydroxylation is 2. The number of carbonyl (C=O) groups excluding carboxylic acids is 1. The van der Waals surface area contributed by atoms with E-state index in [1.54, 1.807) is 11.8 Å². The summed E-state index contributed by atoms with van der Waals surface area (Å²) in [6.45, 7) is 5.43. The first-order chi connectivity index (χ1) is 11.5. The van der Waals surface area contributed by atoms with E-state index in [0.717, 1.165) is 42.9 Å². The van der Waals surface area contributed by atoms with Crippen LogP contribution < -0.4 is 10.2 Å². The Morgan fingerprint density at radius 2 is 2.17 bits per heavy atom. The average Bonchev–Trinajstić information content (AvgIpc) is 2.57. The second-order valence-corrected chi connectivity index (χ2v) is 7.39. The predicted octanol–water partition coefficient (Wildman–Crippen LogP) is 1.54. The van der Waals surface area contributed by atoms with E-state index in [1.807, 2.05) is 26.2 Å². The van der Waals surface area contributed by atoms with E-state index < -0.39 is 0 Å². The molecule has 0 aliphatic carbocycles. The van der Waals surface area contributed by atoms with Crippen LogP contribution in [0.15, 0.2) is 6.07 Å². The number of nitrogens with one attached hydrogen (secondary N) is 1. The van der Waals surface area contributed by atoms with Gasteiger partial charge >= 0.3 is 0 Å². The fourth-order valence-corrected chi connectivity index (χ4v) is 3.53. The summed E-state index contributed by atoms with van der Waals surface area (Å²) in [6, 6.07) is 1.80. The lowest BCUT2D eigenvalue weighted by Gasteiger charge is -2.33. The van der Waals surface area contributed by atoms with Gasteiger partial charge < -0.3 is 15.3 Å². The molecule has 0 unspecified atom stereocenters. The number of hydrogen-bond donors (Lipinski definition) is 2. The molecule has 0 spiro atoms. The first-order valence-corrected chi connectivity index (χ1v) is 9.90. The standard InChI is InChI=1S/C17H28N4O2S/c1-12-9-13(2)19-17(18-12)21-7-4-5-14(10-21)16(23)20-15(11-22)6-8-24-3/h9,14-15,22H,4-8,10-11H2,1-3H3,(H,20,23)/t14-,15-/m0/s1. The fraction of sp³-hybridized carbons (Fsp3) is 0.706. The molecule has 2 atom stereocenters. The molecule has 2 heterocycles. The summed E-state index contributed by atoms with van der Waals surface area (Å²) in [5, 5.41) is 12.4. The van der Waals surface area contributed by atoms with Crippen LogP contribution in [-0.4, -0.2) is 58.7 Å².